The first-order chi connectivity index (χ1) is 9.54. The van der Waals surface area contributed by atoms with Crippen LogP contribution in [0.4, 0.5) is 5.82 Å². The normalized spacial score (nSPS) is 38.3. The minimum absolute atomic E-state index is 0.0198. The molecular weight excluding hydrogens is 254 g/mol. The molecule has 0 aromatic carbocycles. The summed E-state index contributed by atoms with van der Waals surface area (Å²) in [5.41, 5.74) is 6.68. The molecule has 4 aliphatic rings. The van der Waals surface area contributed by atoms with E-state index in [1.807, 2.05) is 4.68 Å². The van der Waals surface area contributed by atoms with Crippen LogP contribution in [-0.4, -0.2) is 20.9 Å². The highest BCUT2D eigenvalue weighted by molar-refractivity contribution is 5.70. The molecule has 0 saturated heterocycles. The third-order valence-electron chi connectivity index (χ3n) is 5.59. The van der Waals surface area contributed by atoms with E-state index in [4.69, 9.17) is 10.8 Å². The van der Waals surface area contributed by atoms with Crippen molar-refractivity contribution in [1.82, 2.24) is 9.78 Å². The average molecular weight is 275 g/mol. The maximum atomic E-state index is 11.1. The van der Waals surface area contributed by atoms with Gasteiger partial charge in [0.05, 0.1) is 17.7 Å². The molecular formula is C15H21N3O2. The number of anilines is 1. The van der Waals surface area contributed by atoms with E-state index in [9.17, 15) is 4.79 Å². The fourth-order valence-corrected chi connectivity index (χ4v) is 5.46. The van der Waals surface area contributed by atoms with Gasteiger partial charge in [-0.15, -0.1) is 0 Å². The average Bonchev–Trinajstić information content (AvgIpc) is 2.68. The number of nitrogen functional groups attached to an aromatic ring is 1. The quantitative estimate of drug-likeness (QED) is 0.884. The molecule has 20 heavy (non-hydrogen) atoms. The predicted molar refractivity (Wildman–Crippen MR) is 74.1 cm³/mol. The Morgan fingerprint density at radius 2 is 1.85 bits per heavy atom. The lowest BCUT2D eigenvalue weighted by atomic mass is 9.53. The number of nitrogens with zero attached hydrogens (tertiary/aromatic N) is 2. The van der Waals surface area contributed by atoms with Gasteiger partial charge in [-0.1, -0.05) is 0 Å². The molecule has 0 aliphatic heterocycles. The van der Waals surface area contributed by atoms with Gasteiger partial charge in [0.1, 0.15) is 5.82 Å². The highest BCUT2D eigenvalue weighted by atomic mass is 16.4. The Morgan fingerprint density at radius 1 is 1.30 bits per heavy atom. The molecule has 4 saturated carbocycles. The van der Waals surface area contributed by atoms with Crippen LogP contribution in [0.3, 0.4) is 0 Å². The van der Waals surface area contributed by atoms with Gasteiger partial charge in [-0.05, 0) is 56.3 Å². The van der Waals surface area contributed by atoms with E-state index >= 15 is 0 Å². The van der Waals surface area contributed by atoms with Crippen molar-refractivity contribution in [3.05, 3.63) is 11.8 Å². The number of rotatable bonds is 3. The van der Waals surface area contributed by atoms with E-state index in [0.717, 1.165) is 42.7 Å². The standard InChI is InChI=1S/C15H21N3O2/c16-13-4-12(5-14(19)20)18(17-13)15-6-9-1-10(7-15)3-11(2-9)8-15/h4,9-11H,1-3,5-8H2,(H2,16,17)(H,19,20). The Labute approximate surface area is 118 Å². The number of carboxylic acid groups (broad SMARTS) is 1. The van der Waals surface area contributed by atoms with Crippen LogP contribution in [0, 0.1) is 17.8 Å². The molecule has 0 spiro atoms. The van der Waals surface area contributed by atoms with Gasteiger partial charge in [0, 0.05) is 6.07 Å². The summed E-state index contributed by atoms with van der Waals surface area (Å²) in [6, 6.07) is 1.74. The van der Waals surface area contributed by atoms with Crippen LogP contribution in [0.5, 0.6) is 0 Å². The van der Waals surface area contributed by atoms with Gasteiger partial charge in [-0.3, -0.25) is 9.48 Å². The zero-order valence-corrected chi connectivity index (χ0v) is 11.6. The minimum atomic E-state index is -0.809. The van der Waals surface area contributed by atoms with E-state index in [-0.39, 0.29) is 12.0 Å². The molecule has 5 heteroatoms. The van der Waals surface area contributed by atoms with Crippen LogP contribution in [0.25, 0.3) is 0 Å². The smallest absolute Gasteiger partial charge is 0.309 e. The van der Waals surface area contributed by atoms with E-state index in [2.05, 4.69) is 5.10 Å². The number of hydrogen-bond donors (Lipinski definition) is 2. The molecule has 5 nitrogen and oxygen atoms in total. The summed E-state index contributed by atoms with van der Waals surface area (Å²) in [7, 11) is 0. The number of hydrogen-bond acceptors (Lipinski definition) is 3. The van der Waals surface area contributed by atoms with Crippen molar-refractivity contribution in [3.63, 3.8) is 0 Å². The maximum absolute atomic E-state index is 11.1. The van der Waals surface area contributed by atoms with Crippen LogP contribution >= 0.6 is 0 Å². The highest BCUT2D eigenvalue weighted by Gasteiger charge is 2.53. The van der Waals surface area contributed by atoms with Crippen LogP contribution in [0.15, 0.2) is 6.07 Å². The molecule has 0 atom stereocenters. The first-order valence-corrected chi connectivity index (χ1v) is 7.61. The number of aromatic nitrogens is 2. The molecule has 5 rings (SSSR count). The Balaban J connectivity index is 1.75. The molecule has 1 heterocycles. The molecule has 4 fully saturated rings. The van der Waals surface area contributed by atoms with Gasteiger partial charge in [0.2, 0.25) is 0 Å². The fraction of sp³-hybridized carbons (Fsp3) is 0.733. The van der Waals surface area contributed by atoms with Gasteiger partial charge in [-0.25, -0.2) is 0 Å². The van der Waals surface area contributed by atoms with Crippen LogP contribution in [0.2, 0.25) is 0 Å². The Hall–Kier alpha value is -1.52. The zero-order valence-electron chi connectivity index (χ0n) is 11.6. The first-order valence-electron chi connectivity index (χ1n) is 7.61. The van der Waals surface area contributed by atoms with Gasteiger partial charge in [0.15, 0.2) is 0 Å². The van der Waals surface area contributed by atoms with E-state index in [1.165, 1.54) is 19.3 Å². The topological polar surface area (TPSA) is 81.1 Å². The van der Waals surface area contributed by atoms with Crippen LogP contribution < -0.4 is 5.73 Å². The lowest BCUT2D eigenvalue weighted by molar-refractivity contribution is -0.136. The van der Waals surface area contributed by atoms with Gasteiger partial charge in [0.25, 0.3) is 0 Å². The van der Waals surface area contributed by atoms with E-state index in [0.29, 0.717) is 5.82 Å². The lowest BCUT2D eigenvalue weighted by Gasteiger charge is -2.56. The summed E-state index contributed by atoms with van der Waals surface area (Å²) in [6.07, 6.45) is 7.59. The SMILES string of the molecule is Nc1cc(CC(=O)O)n(C23CC4CC(CC(C4)C2)C3)n1. The van der Waals surface area contributed by atoms with Crippen molar-refractivity contribution in [2.45, 2.75) is 50.5 Å². The lowest BCUT2D eigenvalue weighted by Crippen LogP contribution is -2.52. The highest BCUT2D eigenvalue weighted by Crippen LogP contribution is 2.58. The number of carboxylic acids is 1. The monoisotopic (exact) mass is 275 g/mol. The predicted octanol–water partition coefficient (Wildman–Crippen LogP) is 2.02. The maximum Gasteiger partial charge on any atom is 0.309 e. The second-order valence-electron chi connectivity index (χ2n) is 7.18. The zero-order chi connectivity index (χ0) is 13.9. The van der Waals surface area contributed by atoms with Crippen molar-refractivity contribution < 1.29 is 9.90 Å². The number of carbonyl (C=O) groups is 1. The van der Waals surface area contributed by atoms with E-state index < -0.39 is 5.97 Å². The molecule has 0 amide bonds. The fourth-order valence-electron chi connectivity index (χ4n) is 5.46. The van der Waals surface area contributed by atoms with Gasteiger partial charge in [-0.2, -0.15) is 5.10 Å². The second kappa shape index (κ2) is 3.99. The molecule has 1 aromatic heterocycles. The summed E-state index contributed by atoms with van der Waals surface area (Å²) < 4.78 is 2.00. The van der Waals surface area contributed by atoms with E-state index in [1.54, 1.807) is 6.07 Å². The minimum Gasteiger partial charge on any atom is -0.481 e. The molecule has 1 aromatic rings. The molecule has 0 radical (unpaired) electrons. The summed E-state index contributed by atoms with van der Waals surface area (Å²) in [4.78, 5) is 11.1. The Morgan fingerprint density at radius 3 is 2.35 bits per heavy atom. The summed E-state index contributed by atoms with van der Waals surface area (Å²) in [5, 5.41) is 13.6. The largest absolute Gasteiger partial charge is 0.481 e. The summed E-state index contributed by atoms with van der Waals surface area (Å²) in [6.45, 7) is 0. The molecule has 4 bridgehead atoms. The summed E-state index contributed by atoms with van der Waals surface area (Å²) in [5.74, 6) is 2.07. The Kier molecular flexibility index (Phi) is 2.44. The van der Waals surface area contributed by atoms with Crippen molar-refractivity contribution >= 4 is 11.8 Å². The molecule has 4 aliphatic carbocycles. The van der Waals surface area contributed by atoms with Crippen molar-refractivity contribution in [1.29, 1.82) is 0 Å². The van der Waals surface area contributed by atoms with Crippen LogP contribution in [0.1, 0.15) is 44.2 Å². The van der Waals surface area contributed by atoms with Gasteiger partial charge >= 0.3 is 5.97 Å². The van der Waals surface area contributed by atoms with Crippen molar-refractivity contribution in [3.8, 4) is 0 Å². The third-order valence-corrected chi connectivity index (χ3v) is 5.59. The molecule has 108 valence electrons. The summed E-state index contributed by atoms with van der Waals surface area (Å²) >= 11 is 0. The number of aliphatic carboxylic acids is 1. The molecule has 0 unspecified atom stereocenters. The van der Waals surface area contributed by atoms with Crippen LogP contribution in [-0.2, 0) is 16.8 Å². The first kappa shape index (κ1) is 12.2. The number of nitrogens with two attached hydrogens (primary N) is 1. The van der Waals surface area contributed by atoms with Gasteiger partial charge < -0.3 is 10.8 Å². The molecule has 3 N–H and O–H groups in total. The van der Waals surface area contributed by atoms with Crippen molar-refractivity contribution in [2.24, 2.45) is 17.8 Å². The Bertz CT molecular complexity index is 528. The van der Waals surface area contributed by atoms with Crippen molar-refractivity contribution in [2.75, 3.05) is 5.73 Å². The second-order valence-corrected chi connectivity index (χ2v) is 7.18. The third kappa shape index (κ3) is 1.75.